The summed E-state index contributed by atoms with van der Waals surface area (Å²) in [4.78, 5) is 32.4. The van der Waals surface area contributed by atoms with Crippen molar-refractivity contribution in [2.75, 3.05) is 11.9 Å². The SMILES string of the molecule is Cc1ccc(NC(=O)CN2C(=O)C(c3ccc(Cl)cc3)=NC23CCCC3)cc1C#N. The Bertz CT molecular complexity index is 1080. The topological polar surface area (TPSA) is 85.6 Å². The molecule has 1 saturated carbocycles. The van der Waals surface area contributed by atoms with Gasteiger partial charge in [0, 0.05) is 16.3 Å². The van der Waals surface area contributed by atoms with Gasteiger partial charge in [0.15, 0.2) is 0 Å². The third kappa shape index (κ3) is 3.69. The molecular weight excluding hydrogens is 400 g/mol. The molecular formula is C23H21ClN4O2. The van der Waals surface area contributed by atoms with Crippen LogP contribution in [0.1, 0.15) is 42.4 Å². The van der Waals surface area contributed by atoms with Crippen LogP contribution in [0.4, 0.5) is 5.69 Å². The van der Waals surface area contributed by atoms with Gasteiger partial charge < -0.3 is 10.2 Å². The molecule has 0 aromatic heterocycles. The molecule has 0 bridgehead atoms. The Morgan fingerprint density at radius 2 is 1.93 bits per heavy atom. The molecule has 7 heteroatoms. The van der Waals surface area contributed by atoms with Gasteiger partial charge in [-0.3, -0.25) is 14.6 Å². The van der Waals surface area contributed by atoms with Crippen LogP contribution in [-0.4, -0.2) is 34.6 Å². The van der Waals surface area contributed by atoms with Crippen LogP contribution in [0.15, 0.2) is 47.5 Å². The minimum atomic E-state index is -0.658. The summed E-state index contributed by atoms with van der Waals surface area (Å²) in [5.74, 6) is -0.550. The van der Waals surface area contributed by atoms with Crippen molar-refractivity contribution in [3.63, 3.8) is 0 Å². The summed E-state index contributed by atoms with van der Waals surface area (Å²) in [6.07, 6.45) is 3.41. The number of anilines is 1. The predicted molar refractivity (Wildman–Crippen MR) is 115 cm³/mol. The minimum absolute atomic E-state index is 0.0881. The molecule has 2 aromatic rings. The van der Waals surface area contributed by atoms with Gasteiger partial charge in [-0.25, -0.2) is 0 Å². The van der Waals surface area contributed by atoms with E-state index in [1.165, 1.54) is 0 Å². The number of aliphatic imine (C=N–C) groups is 1. The van der Waals surface area contributed by atoms with Crippen LogP contribution < -0.4 is 5.32 Å². The lowest BCUT2D eigenvalue weighted by Gasteiger charge is -2.32. The van der Waals surface area contributed by atoms with Gasteiger partial charge in [-0.05, 0) is 62.4 Å². The maximum atomic E-state index is 13.2. The molecule has 2 aromatic carbocycles. The fourth-order valence-corrected chi connectivity index (χ4v) is 4.26. The van der Waals surface area contributed by atoms with Crippen molar-refractivity contribution >= 4 is 34.8 Å². The van der Waals surface area contributed by atoms with E-state index in [-0.39, 0.29) is 18.4 Å². The summed E-state index contributed by atoms with van der Waals surface area (Å²) in [6.45, 7) is 1.75. The average Bonchev–Trinajstić information content (AvgIpc) is 3.31. The molecule has 1 fully saturated rings. The maximum Gasteiger partial charge on any atom is 0.275 e. The van der Waals surface area contributed by atoms with Gasteiger partial charge in [-0.2, -0.15) is 5.26 Å². The molecule has 1 aliphatic carbocycles. The van der Waals surface area contributed by atoms with Crippen molar-refractivity contribution in [1.82, 2.24) is 4.90 Å². The molecule has 1 heterocycles. The van der Waals surface area contributed by atoms with Crippen LogP contribution in [0, 0.1) is 18.3 Å². The van der Waals surface area contributed by atoms with Gasteiger partial charge in [-0.15, -0.1) is 0 Å². The summed E-state index contributed by atoms with van der Waals surface area (Å²) in [6, 6.07) is 14.3. The molecule has 0 atom stereocenters. The predicted octanol–water partition coefficient (Wildman–Crippen LogP) is 4.06. The van der Waals surface area contributed by atoms with Crippen LogP contribution in [0.25, 0.3) is 0 Å². The van der Waals surface area contributed by atoms with Gasteiger partial charge in [0.1, 0.15) is 17.9 Å². The fourth-order valence-electron chi connectivity index (χ4n) is 4.14. The third-order valence-corrected chi connectivity index (χ3v) is 5.99. The molecule has 2 amide bonds. The van der Waals surface area contributed by atoms with E-state index in [9.17, 15) is 14.9 Å². The number of nitriles is 1. The standard InChI is InChI=1S/C23H21ClN4O2/c1-15-4-9-19(12-17(15)13-25)26-20(29)14-28-22(30)21(16-5-7-18(24)8-6-16)27-23(28)10-2-3-11-23/h4-9,12H,2-3,10-11,14H2,1H3,(H,26,29). The minimum Gasteiger partial charge on any atom is -0.325 e. The number of carbonyl (C=O) groups is 2. The third-order valence-electron chi connectivity index (χ3n) is 5.74. The lowest BCUT2D eigenvalue weighted by Crippen LogP contribution is -2.48. The Balaban J connectivity index is 1.56. The highest BCUT2D eigenvalue weighted by Gasteiger charge is 2.49. The number of carbonyl (C=O) groups excluding carboxylic acids is 2. The quantitative estimate of drug-likeness (QED) is 0.809. The van der Waals surface area contributed by atoms with E-state index in [0.717, 1.165) is 31.2 Å². The second-order valence-corrected chi connectivity index (χ2v) is 8.17. The second kappa shape index (κ2) is 7.92. The second-order valence-electron chi connectivity index (χ2n) is 7.74. The summed E-state index contributed by atoms with van der Waals surface area (Å²) < 4.78 is 0. The van der Waals surface area contributed by atoms with E-state index in [1.807, 2.05) is 6.92 Å². The van der Waals surface area contributed by atoms with Crippen molar-refractivity contribution in [2.24, 2.45) is 4.99 Å². The largest absolute Gasteiger partial charge is 0.325 e. The molecule has 1 N–H and O–H groups in total. The number of benzene rings is 2. The van der Waals surface area contributed by atoms with Gasteiger partial charge in [0.25, 0.3) is 5.91 Å². The zero-order valence-corrected chi connectivity index (χ0v) is 17.4. The average molecular weight is 421 g/mol. The van der Waals surface area contributed by atoms with Crippen LogP contribution in [0.3, 0.4) is 0 Å². The first kappa shape index (κ1) is 20.1. The van der Waals surface area contributed by atoms with Crippen LogP contribution in [0.5, 0.6) is 0 Å². The van der Waals surface area contributed by atoms with Crippen LogP contribution in [0.2, 0.25) is 5.02 Å². The molecule has 1 aliphatic heterocycles. The first-order chi connectivity index (χ1) is 14.4. The zero-order valence-electron chi connectivity index (χ0n) is 16.6. The monoisotopic (exact) mass is 420 g/mol. The Labute approximate surface area is 180 Å². The number of nitrogens with zero attached hydrogens (tertiary/aromatic N) is 3. The van der Waals surface area contributed by atoms with Crippen molar-refractivity contribution in [2.45, 2.75) is 38.3 Å². The number of hydrogen-bond donors (Lipinski definition) is 1. The number of hydrogen-bond acceptors (Lipinski definition) is 4. The van der Waals surface area contributed by atoms with E-state index in [2.05, 4.69) is 11.4 Å². The summed E-state index contributed by atoms with van der Waals surface area (Å²) >= 11 is 5.97. The highest BCUT2D eigenvalue weighted by molar-refractivity contribution is 6.47. The van der Waals surface area contributed by atoms with Crippen molar-refractivity contribution in [3.8, 4) is 6.07 Å². The normalized spacial score (nSPS) is 17.2. The molecule has 0 radical (unpaired) electrons. The Hall–Kier alpha value is -3.17. The van der Waals surface area contributed by atoms with Crippen molar-refractivity contribution in [3.05, 3.63) is 64.2 Å². The first-order valence-electron chi connectivity index (χ1n) is 9.90. The Morgan fingerprint density at radius 3 is 2.60 bits per heavy atom. The lowest BCUT2D eigenvalue weighted by molar-refractivity contribution is -0.132. The highest BCUT2D eigenvalue weighted by Crippen LogP contribution is 2.41. The van der Waals surface area contributed by atoms with E-state index in [4.69, 9.17) is 16.6 Å². The van der Waals surface area contributed by atoms with Gasteiger partial charge in [0.2, 0.25) is 5.91 Å². The Kier molecular flexibility index (Phi) is 5.31. The number of nitrogens with one attached hydrogen (secondary N) is 1. The van der Waals surface area contributed by atoms with E-state index in [0.29, 0.717) is 27.5 Å². The molecule has 1 spiro atoms. The van der Waals surface area contributed by atoms with Gasteiger partial charge in [-0.1, -0.05) is 29.8 Å². The van der Waals surface area contributed by atoms with E-state index >= 15 is 0 Å². The maximum absolute atomic E-state index is 13.2. The number of aryl methyl sites for hydroxylation is 1. The van der Waals surface area contributed by atoms with Crippen molar-refractivity contribution < 1.29 is 9.59 Å². The van der Waals surface area contributed by atoms with Gasteiger partial charge >= 0.3 is 0 Å². The Morgan fingerprint density at radius 1 is 1.23 bits per heavy atom. The van der Waals surface area contributed by atoms with Crippen LogP contribution in [-0.2, 0) is 9.59 Å². The summed E-state index contributed by atoms with van der Waals surface area (Å²) in [5.41, 5.74) is 2.31. The molecule has 0 unspecified atom stereocenters. The molecule has 6 nitrogen and oxygen atoms in total. The number of rotatable bonds is 4. The summed E-state index contributed by atoms with van der Waals surface area (Å²) in [5, 5.41) is 12.6. The molecule has 30 heavy (non-hydrogen) atoms. The first-order valence-corrected chi connectivity index (χ1v) is 10.3. The number of amides is 2. The van der Waals surface area contributed by atoms with Crippen LogP contribution >= 0.6 is 11.6 Å². The lowest BCUT2D eigenvalue weighted by atomic mass is 10.1. The van der Waals surface area contributed by atoms with Crippen molar-refractivity contribution in [1.29, 1.82) is 5.26 Å². The number of halogens is 1. The molecule has 0 saturated heterocycles. The molecule has 152 valence electrons. The van der Waals surface area contributed by atoms with E-state index < -0.39 is 5.66 Å². The molecule has 4 rings (SSSR count). The zero-order chi connectivity index (χ0) is 21.3. The van der Waals surface area contributed by atoms with E-state index in [1.54, 1.807) is 47.4 Å². The smallest absolute Gasteiger partial charge is 0.275 e. The highest BCUT2D eigenvalue weighted by atomic mass is 35.5. The van der Waals surface area contributed by atoms with Gasteiger partial charge in [0.05, 0.1) is 11.6 Å². The fraction of sp³-hybridized carbons (Fsp3) is 0.304. The molecule has 2 aliphatic rings. The summed E-state index contributed by atoms with van der Waals surface area (Å²) in [7, 11) is 0.